The molecular formula is C21H18N2O8S2. The summed E-state index contributed by atoms with van der Waals surface area (Å²) in [4.78, 5) is 27.2. The molecule has 0 aliphatic carbocycles. The molecule has 0 radical (unpaired) electrons. The second kappa shape index (κ2) is 8.56. The maximum atomic E-state index is 13.1. The van der Waals surface area contributed by atoms with Crippen LogP contribution in [0.25, 0.3) is 10.8 Å². The Bertz CT molecular complexity index is 1380. The van der Waals surface area contributed by atoms with E-state index in [4.69, 9.17) is 4.55 Å². The number of hydrogen-bond donors (Lipinski definition) is 2. The van der Waals surface area contributed by atoms with Gasteiger partial charge >= 0.3 is 10.4 Å². The van der Waals surface area contributed by atoms with Gasteiger partial charge in [0.1, 0.15) is 0 Å². The summed E-state index contributed by atoms with van der Waals surface area (Å²) in [5.41, 5.74) is 1.68. The third-order valence-electron chi connectivity index (χ3n) is 5.18. The van der Waals surface area contributed by atoms with E-state index in [2.05, 4.69) is 4.18 Å². The van der Waals surface area contributed by atoms with Crippen molar-refractivity contribution in [2.24, 2.45) is 0 Å². The van der Waals surface area contributed by atoms with E-state index in [0.717, 1.165) is 14.8 Å². The van der Waals surface area contributed by atoms with Crippen LogP contribution in [-0.2, 0) is 21.7 Å². The maximum absolute atomic E-state index is 13.1. The molecule has 0 fully saturated rings. The van der Waals surface area contributed by atoms with Gasteiger partial charge < -0.3 is 4.18 Å². The fourth-order valence-electron chi connectivity index (χ4n) is 3.71. The Hall–Kier alpha value is -3.32. The number of nitrogens with zero attached hydrogens (tertiary/aromatic N) is 2. The summed E-state index contributed by atoms with van der Waals surface area (Å²) >= 11 is -2.39. The van der Waals surface area contributed by atoms with Crippen molar-refractivity contribution < 1.29 is 35.5 Å². The topological polar surface area (TPSA) is 142 Å². The molecule has 0 saturated heterocycles. The van der Waals surface area contributed by atoms with Crippen LogP contribution >= 0.6 is 0 Å². The van der Waals surface area contributed by atoms with Gasteiger partial charge in [-0.25, -0.2) is 4.21 Å². The second-order valence-corrected chi connectivity index (χ2v) is 9.21. The van der Waals surface area contributed by atoms with E-state index in [1.165, 1.54) is 30.3 Å². The van der Waals surface area contributed by atoms with Crippen LogP contribution < -0.4 is 8.49 Å². The minimum absolute atomic E-state index is 0.0983. The van der Waals surface area contributed by atoms with Gasteiger partial charge in [-0.1, -0.05) is 29.8 Å². The first-order valence-electron chi connectivity index (χ1n) is 9.61. The largest absolute Gasteiger partial charge is 0.446 e. The molecular weight excluding hydrogens is 472 g/mol. The monoisotopic (exact) mass is 490 g/mol. The van der Waals surface area contributed by atoms with Crippen molar-refractivity contribution >= 4 is 49.9 Å². The van der Waals surface area contributed by atoms with Crippen molar-refractivity contribution in [2.45, 2.75) is 6.92 Å². The Morgan fingerprint density at radius 3 is 2.24 bits per heavy atom. The van der Waals surface area contributed by atoms with Crippen LogP contribution in [0.4, 0.5) is 5.69 Å². The molecule has 2 amide bonds. The summed E-state index contributed by atoms with van der Waals surface area (Å²) in [6.45, 7) is 1.61. The molecule has 3 aromatic rings. The van der Waals surface area contributed by atoms with Crippen LogP contribution in [0.5, 0.6) is 5.75 Å². The lowest BCUT2D eigenvalue weighted by atomic mass is 9.93. The highest BCUT2D eigenvalue weighted by Gasteiger charge is 2.34. The Morgan fingerprint density at radius 1 is 1.00 bits per heavy atom. The van der Waals surface area contributed by atoms with Crippen LogP contribution in [0.2, 0.25) is 0 Å². The van der Waals surface area contributed by atoms with Gasteiger partial charge in [0.25, 0.3) is 23.1 Å². The summed E-state index contributed by atoms with van der Waals surface area (Å²) < 4.78 is 58.7. The molecule has 172 valence electrons. The lowest BCUT2D eigenvalue weighted by molar-refractivity contribution is 0.0615. The zero-order valence-electron chi connectivity index (χ0n) is 17.2. The Labute approximate surface area is 191 Å². The van der Waals surface area contributed by atoms with E-state index in [-0.39, 0.29) is 40.7 Å². The molecule has 4 rings (SSSR count). The van der Waals surface area contributed by atoms with Crippen molar-refractivity contribution in [1.82, 2.24) is 4.90 Å². The molecule has 3 aromatic carbocycles. The minimum Gasteiger partial charge on any atom is -0.361 e. The molecule has 1 aliphatic heterocycles. The number of anilines is 1. The Morgan fingerprint density at radius 2 is 1.64 bits per heavy atom. The van der Waals surface area contributed by atoms with Crippen LogP contribution in [0.3, 0.4) is 0 Å². The highest BCUT2D eigenvalue weighted by molar-refractivity contribution is 7.81. The fraction of sp³-hybridized carbons (Fsp3) is 0.143. The molecule has 33 heavy (non-hydrogen) atoms. The lowest BCUT2D eigenvalue weighted by Crippen LogP contribution is -2.45. The highest BCUT2D eigenvalue weighted by Crippen LogP contribution is 2.36. The van der Waals surface area contributed by atoms with E-state index >= 15 is 0 Å². The number of benzene rings is 3. The van der Waals surface area contributed by atoms with Gasteiger partial charge in [-0.05, 0) is 37.3 Å². The number of rotatable bonds is 7. The van der Waals surface area contributed by atoms with E-state index in [0.29, 0.717) is 5.69 Å². The third kappa shape index (κ3) is 4.46. The van der Waals surface area contributed by atoms with Gasteiger partial charge in [0.05, 0.1) is 12.2 Å². The first kappa shape index (κ1) is 22.9. The molecule has 0 spiro atoms. The zero-order valence-corrected chi connectivity index (χ0v) is 18.8. The molecule has 1 unspecified atom stereocenters. The minimum atomic E-state index is -4.81. The molecule has 1 atom stereocenters. The molecule has 1 aliphatic rings. The van der Waals surface area contributed by atoms with Crippen molar-refractivity contribution in [3.8, 4) is 5.75 Å². The number of carbonyl (C=O) groups excluding carboxylic acids is 2. The van der Waals surface area contributed by atoms with E-state index in [1.807, 2.05) is 6.92 Å². The summed E-state index contributed by atoms with van der Waals surface area (Å²) in [7, 11) is -4.81. The maximum Gasteiger partial charge on any atom is 0.446 e. The molecule has 0 bridgehead atoms. The SMILES string of the molecule is Cc1ccc(N(CCN2C(=O)c3cccc4c(OS(=O)(=O)O)ccc(c34)C2=O)S(=O)O)cc1. The highest BCUT2D eigenvalue weighted by atomic mass is 32.3. The lowest BCUT2D eigenvalue weighted by Gasteiger charge is -2.29. The summed E-state index contributed by atoms with van der Waals surface area (Å²) in [6.07, 6.45) is 0. The van der Waals surface area contributed by atoms with Crippen LogP contribution in [0.1, 0.15) is 26.3 Å². The average Bonchev–Trinajstić information content (AvgIpc) is 2.75. The molecule has 12 heteroatoms. The van der Waals surface area contributed by atoms with Crippen molar-refractivity contribution in [3.63, 3.8) is 0 Å². The van der Waals surface area contributed by atoms with Gasteiger partial charge in [-0.15, -0.1) is 0 Å². The zero-order chi connectivity index (χ0) is 23.9. The smallest absolute Gasteiger partial charge is 0.361 e. The van der Waals surface area contributed by atoms with Gasteiger partial charge in [0, 0.05) is 28.4 Å². The van der Waals surface area contributed by atoms with Crippen LogP contribution in [-0.4, -0.2) is 51.5 Å². The summed E-state index contributed by atoms with van der Waals surface area (Å²) in [5.74, 6) is -1.52. The number of imide groups is 1. The van der Waals surface area contributed by atoms with Gasteiger partial charge in [-0.3, -0.25) is 27.9 Å². The average molecular weight is 491 g/mol. The Balaban J connectivity index is 1.67. The number of carbonyl (C=O) groups is 2. The summed E-state index contributed by atoms with van der Waals surface area (Å²) in [6, 6.07) is 13.8. The fourth-order valence-corrected chi connectivity index (χ4v) is 4.62. The molecule has 2 N–H and O–H groups in total. The number of amides is 2. The molecule has 1 heterocycles. The molecule has 0 aromatic heterocycles. The van der Waals surface area contributed by atoms with Crippen molar-refractivity contribution in [2.75, 3.05) is 17.4 Å². The molecule has 0 saturated carbocycles. The quantitative estimate of drug-likeness (QED) is 0.292. The van der Waals surface area contributed by atoms with Crippen LogP contribution in [0, 0.1) is 6.92 Å². The Kier molecular flexibility index (Phi) is 5.93. The van der Waals surface area contributed by atoms with Crippen molar-refractivity contribution in [3.05, 3.63) is 71.3 Å². The van der Waals surface area contributed by atoms with Gasteiger partial charge in [-0.2, -0.15) is 8.42 Å². The molecule has 10 nitrogen and oxygen atoms in total. The first-order valence-corrected chi connectivity index (χ1v) is 12.0. The first-order chi connectivity index (χ1) is 15.6. The third-order valence-corrected chi connectivity index (χ3v) is 6.34. The van der Waals surface area contributed by atoms with Crippen LogP contribution in [0.15, 0.2) is 54.6 Å². The van der Waals surface area contributed by atoms with Gasteiger partial charge in [0.15, 0.2) is 5.75 Å². The number of hydrogen-bond acceptors (Lipinski definition) is 6. The van der Waals surface area contributed by atoms with E-state index in [1.54, 1.807) is 24.3 Å². The number of aryl methyl sites for hydroxylation is 1. The van der Waals surface area contributed by atoms with E-state index in [9.17, 15) is 26.8 Å². The standard InChI is InChI=1S/C21H18N2O8S2/c1-13-5-7-14(8-6-13)23(32(26)27)12-11-22-20(24)16-4-2-3-15-18(31-33(28,29)30)10-9-17(19(15)16)21(22)25/h2-10H,11-12H2,1H3,(H,26,27)(H,28,29,30). The van der Waals surface area contributed by atoms with E-state index < -0.39 is 33.5 Å². The second-order valence-electron chi connectivity index (χ2n) is 7.28. The van der Waals surface area contributed by atoms with Gasteiger partial charge in [0.2, 0.25) is 0 Å². The predicted molar refractivity (Wildman–Crippen MR) is 121 cm³/mol. The summed E-state index contributed by atoms with van der Waals surface area (Å²) in [5, 5.41) is 0.368. The normalized spacial score (nSPS) is 14.5. The predicted octanol–water partition coefficient (Wildman–Crippen LogP) is 2.57. The van der Waals surface area contributed by atoms with Crippen molar-refractivity contribution in [1.29, 1.82) is 0 Å².